The third-order valence-electron chi connectivity index (χ3n) is 3.69. The first-order valence-corrected chi connectivity index (χ1v) is 9.00. The number of halogens is 1. The van der Waals surface area contributed by atoms with Gasteiger partial charge in [0.05, 0.1) is 17.4 Å². The molecule has 0 saturated heterocycles. The molecule has 0 bridgehead atoms. The van der Waals surface area contributed by atoms with E-state index in [-0.39, 0.29) is 4.90 Å². The van der Waals surface area contributed by atoms with Crippen molar-refractivity contribution in [3.63, 3.8) is 0 Å². The van der Waals surface area contributed by atoms with Crippen molar-refractivity contribution < 1.29 is 17.9 Å². The topological polar surface area (TPSA) is 72.5 Å². The highest BCUT2D eigenvalue weighted by molar-refractivity contribution is 7.90. The maximum atomic E-state index is 12.6. The summed E-state index contributed by atoms with van der Waals surface area (Å²) in [5, 5.41) is 0.476. The molecular formula is C17H18ClNO4S. The van der Waals surface area contributed by atoms with Gasteiger partial charge < -0.3 is 4.74 Å². The number of carbonyl (C=O) groups excluding carboxylic acids is 1. The zero-order chi connectivity index (χ0) is 18.0. The number of ether oxygens (including phenoxy) is 1. The molecule has 0 aliphatic heterocycles. The average molecular weight is 368 g/mol. The molecule has 24 heavy (non-hydrogen) atoms. The number of methoxy groups -OCH3 is 1. The molecule has 5 nitrogen and oxygen atoms in total. The van der Waals surface area contributed by atoms with Gasteiger partial charge in [0.1, 0.15) is 5.75 Å². The highest BCUT2D eigenvalue weighted by Crippen LogP contribution is 2.27. The first-order valence-electron chi connectivity index (χ1n) is 7.14. The highest BCUT2D eigenvalue weighted by atomic mass is 35.5. The summed E-state index contributed by atoms with van der Waals surface area (Å²) < 4.78 is 32.0. The molecule has 7 heteroatoms. The van der Waals surface area contributed by atoms with E-state index in [0.29, 0.717) is 16.3 Å². The van der Waals surface area contributed by atoms with Crippen LogP contribution in [-0.4, -0.2) is 21.4 Å². The largest absolute Gasteiger partial charge is 0.497 e. The minimum atomic E-state index is -4.01. The van der Waals surface area contributed by atoms with E-state index in [1.54, 1.807) is 50.2 Å². The summed E-state index contributed by atoms with van der Waals surface area (Å²) in [6, 6.07) is 12.7. The average Bonchev–Trinajstić information content (AvgIpc) is 2.54. The fourth-order valence-corrected chi connectivity index (χ4v) is 3.42. The molecule has 2 aromatic carbocycles. The number of hydrogen-bond acceptors (Lipinski definition) is 4. The lowest BCUT2D eigenvalue weighted by Crippen LogP contribution is -2.43. The second-order valence-electron chi connectivity index (χ2n) is 5.75. The minimum Gasteiger partial charge on any atom is -0.497 e. The Hall–Kier alpha value is -2.05. The molecule has 128 valence electrons. The standard InChI is InChI=1S/C17H18ClNO4S/c1-17(2,12-6-4-7-13(18)10-12)16(20)19-24(21,22)15-9-5-8-14(11-15)23-3/h4-11H,1-3H3,(H,19,20). The van der Waals surface area contributed by atoms with Gasteiger partial charge >= 0.3 is 0 Å². The second kappa shape index (κ2) is 6.83. The van der Waals surface area contributed by atoms with Crippen LogP contribution in [0.2, 0.25) is 5.02 Å². The van der Waals surface area contributed by atoms with Crippen LogP contribution in [-0.2, 0) is 20.2 Å². The van der Waals surface area contributed by atoms with Crippen LogP contribution in [0.5, 0.6) is 5.75 Å². The van der Waals surface area contributed by atoms with E-state index in [9.17, 15) is 13.2 Å². The molecule has 1 N–H and O–H groups in total. The molecule has 0 radical (unpaired) electrons. The van der Waals surface area contributed by atoms with Crippen molar-refractivity contribution >= 4 is 27.5 Å². The molecule has 0 aromatic heterocycles. The van der Waals surface area contributed by atoms with Crippen LogP contribution < -0.4 is 9.46 Å². The van der Waals surface area contributed by atoms with Crippen LogP contribution in [0.1, 0.15) is 19.4 Å². The summed E-state index contributed by atoms with van der Waals surface area (Å²) in [7, 11) is -2.57. The number of benzene rings is 2. The number of rotatable bonds is 5. The Labute approximate surface area is 146 Å². The van der Waals surface area contributed by atoms with Gasteiger partial charge in [0.15, 0.2) is 0 Å². The van der Waals surface area contributed by atoms with Gasteiger partial charge in [-0.05, 0) is 43.7 Å². The minimum absolute atomic E-state index is 0.0444. The summed E-state index contributed by atoms with van der Waals surface area (Å²) in [5.41, 5.74) is -0.454. The Morgan fingerprint density at radius 2 is 1.79 bits per heavy atom. The molecule has 0 heterocycles. The first-order chi connectivity index (χ1) is 11.2. The van der Waals surface area contributed by atoms with Gasteiger partial charge in [-0.3, -0.25) is 4.79 Å². The molecule has 0 aliphatic carbocycles. The monoisotopic (exact) mass is 367 g/mol. The quantitative estimate of drug-likeness (QED) is 0.881. The Bertz CT molecular complexity index is 862. The van der Waals surface area contributed by atoms with Gasteiger partial charge in [-0.2, -0.15) is 0 Å². The molecular weight excluding hydrogens is 350 g/mol. The lowest BCUT2D eigenvalue weighted by molar-refractivity contribution is -0.123. The summed E-state index contributed by atoms with van der Waals surface area (Å²) >= 11 is 5.95. The summed E-state index contributed by atoms with van der Waals surface area (Å²) in [6.07, 6.45) is 0. The van der Waals surface area contributed by atoms with Gasteiger partial charge in [0.2, 0.25) is 5.91 Å². The SMILES string of the molecule is COc1cccc(S(=O)(=O)NC(=O)C(C)(C)c2cccc(Cl)c2)c1. The highest BCUT2D eigenvalue weighted by Gasteiger charge is 2.33. The number of sulfonamides is 1. The predicted molar refractivity (Wildman–Crippen MR) is 92.8 cm³/mol. The van der Waals surface area contributed by atoms with Crippen molar-refractivity contribution in [2.24, 2.45) is 0 Å². The summed E-state index contributed by atoms with van der Waals surface area (Å²) in [4.78, 5) is 12.5. The Kier molecular flexibility index (Phi) is 5.20. The molecule has 0 saturated carbocycles. The molecule has 0 unspecified atom stereocenters. The van der Waals surface area contributed by atoms with Crippen LogP contribution in [0, 0.1) is 0 Å². The smallest absolute Gasteiger partial charge is 0.264 e. The fourth-order valence-electron chi connectivity index (χ4n) is 2.09. The van der Waals surface area contributed by atoms with E-state index < -0.39 is 21.3 Å². The van der Waals surface area contributed by atoms with Crippen LogP contribution >= 0.6 is 11.6 Å². The van der Waals surface area contributed by atoms with Crippen LogP contribution in [0.15, 0.2) is 53.4 Å². The van der Waals surface area contributed by atoms with E-state index >= 15 is 0 Å². The van der Waals surface area contributed by atoms with E-state index in [0.717, 1.165) is 0 Å². The maximum Gasteiger partial charge on any atom is 0.264 e. The second-order valence-corrected chi connectivity index (χ2v) is 7.87. The Balaban J connectivity index is 2.30. The molecule has 0 fully saturated rings. The molecule has 0 aliphatic rings. The van der Waals surface area contributed by atoms with Crippen molar-refractivity contribution in [1.82, 2.24) is 4.72 Å². The molecule has 1 amide bonds. The van der Waals surface area contributed by atoms with Crippen molar-refractivity contribution in [3.8, 4) is 5.75 Å². The number of nitrogens with one attached hydrogen (secondary N) is 1. The lowest BCUT2D eigenvalue weighted by atomic mass is 9.84. The zero-order valence-electron chi connectivity index (χ0n) is 13.5. The summed E-state index contributed by atoms with van der Waals surface area (Å²) in [6.45, 7) is 3.27. The van der Waals surface area contributed by atoms with Gasteiger partial charge in [0, 0.05) is 11.1 Å². The number of hydrogen-bond donors (Lipinski definition) is 1. The van der Waals surface area contributed by atoms with Crippen LogP contribution in [0.25, 0.3) is 0 Å². The van der Waals surface area contributed by atoms with Crippen molar-refractivity contribution in [2.45, 2.75) is 24.2 Å². The van der Waals surface area contributed by atoms with Gasteiger partial charge in [0.25, 0.3) is 10.0 Å². The number of amides is 1. The third-order valence-corrected chi connectivity index (χ3v) is 5.26. The van der Waals surface area contributed by atoms with Crippen LogP contribution in [0.3, 0.4) is 0 Å². The van der Waals surface area contributed by atoms with Gasteiger partial charge in [-0.15, -0.1) is 0 Å². The molecule has 0 spiro atoms. The number of carbonyl (C=O) groups is 1. The Morgan fingerprint density at radius 3 is 2.42 bits per heavy atom. The molecule has 0 atom stereocenters. The van der Waals surface area contributed by atoms with E-state index in [2.05, 4.69) is 4.72 Å². The van der Waals surface area contributed by atoms with Crippen molar-refractivity contribution in [1.29, 1.82) is 0 Å². The fraction of sp³-hybridized carbons (Fsp3) is 0.235. The van der Waals surface area contributed by atoms with Gasteiger partial charge in [-0.25, -0.2) is 13.1 Å². The lowest BCUT2D eigenvalue weighted by Gasteiger charge is -2.24. The first kappa shape index (κ1) is 18.3. The molecule has 2 rings (SSSR count). The Morgan fingerprint density at radius 1 is 1.12 bits per heavy atom. The van der Waals surface area contributed by atoms with Crippen molar-refractivity contribution in [2.75, 3.05) is 7.11 Å². The van der Waals surface area contributed by atoms with E-state index in [4.69, 9.17) is 16.3 Å². The van der Waals surface area contributed by atoms with E-state index in [1.165, 1.54) is 19.2 Å². The van der Waals surface area contributed by atoms with Crippen molar-refractivity contribution in [3.05, 3.63) is 59.1 Å². The summed E-state index contributed by atoms with van der Waals surface area (Å²) in [5.74, 6) is -0.257. The third kappa shape index (κ3) is 3.88. The zero-order valence-corrected chi connectivity index (χ0v) is 15.1. The normalized spacial score (nSPS) is 11.8. The molecule has 2 aromatic rings. The van der Waals surface area contributed by atoms with E-state index in [1.807, 2.05) is 0 Å². The van der Waals surface area contributed by atoms with Crippen LogP contribution in [0.4, 0.5) is 0 Å². The predicted octanol–water partition coefficient (Wildman–Crippen LogP) is 3.13. The maximum absolute atomic E-state index is 12.6. The van der Waals surface area contributed by atoms with Gasteiger partial charge in [-0.1, -0.05) is 29.8 Å².